The standard InChI is InChI=1S/C19H17NO4S/c1-12-6-3-4-7-14(12)11-20-18(22)16(25-19(20)23)10-13-8-5-9-15(24-2)17(13)21/h3-10,21H,11H2,1-2H3/b16-10-. The van der Waals surface area contributed by atoms with E-state index < -0.39 is 0 Å². The van der Waals surface area contributed by atoms with Crippen molar-refractivity contribution in [2.75, 3.05) is 7.11 Å². The van der Waals surface area contributed by atoms with Crippen molar-refractivity contribution >= 4 is 29.0 Å². The number of aromatic hydroxyl groups is 1. The highest BCUT2D eigenvalue weighted by atomic mass is 32.2. The minimum atomic E-state index is -0.361. The molecule has 1 aliphatic rings. The third-order valence-electron chi connectivity index (χ3n) is 4.00. The number of amides is 2. The van der Waals surface area contributed by atoms with Crippen molar-refractivity contribution in [3.63, 3.8) is 0 Å². The van der Waals surface area contributed by atoms with Gasteiger partial charge in [0.25, 0.3) is 11.1 Å². The molecule has 0 bridgehead atoms. The summed E-state index contributed by atoms with van der Waals surface area (Å²) in [4.78, 5) is 26.4. The number of thioether (sulfide) groups is 1. The molecular formula is C19H17NO4S. The number of carbonyl (C=O) groups excluding carboxylic acids is 2. The van der Waals surface area contributed by atoms with Gasteiger partial charge in [-0.05, 0) is 42.0 Å². The molecule has 1 saturated heterocycles. The average Bonchev–Trinajstić information content (AvgIpc) is 2.86. The smallest absolute Gasteiger partial charge is 0.293 e. The highest BCUT2D eigenvalue weighted by Crippen LogP contribution is 2.37. The van der Waals surface area contributed by atoms with Crippen LogP contribution in [0.15, 0.2) is 47.4 Å². The van der Waals surface area contributed by atoms with Crippen LogP contribution in [-0.2, 0) is 11.3 Å². The topological polar surface area (TPSA) is 66.8 Å². The molecule has 0 radical (unpaired) electrons. The molecule has 1 aliphatic heterocycles. The van der Waals surface area contributed by atoms with Crippen molar-refractivity contribution < 1.29 is 19.4 Å². The van der Waals surface area contributed by atoms with Crippen molar-refractivity contribution in [1.82, 2.24) is 4.90 Å². The van der Waals surface area contributed by atoms with Gasteiger partial charge in [0.1, 0.15) is 0 Å². The second-order valence-corrected chi connectivity index (χ2v) is 6.59. The number of phenolic OH excluding ortho intramolecular Hbond substituents is 1. The Balaban J connectivity index is 1.88. The molecule has 128 valence electrons. The largest absolute Gasteiger partial charge is 0.504 e. The van der Waals surface area contributed by atoms with Gasteiger partial charge in [0.05, 0.1) is 18.6 Å². The maximum Gasteiger partial charge on any atom is 0.293 e. The number of imide groups is 1. The lowest BCUT2D eigenvalue weighted by Gasteiger charge is -2.14. The first-order valence-electron chi connectivity index (χ1n) is 7.67. The number of para-hydroxylation sites is 1. The van der Waals surface area contributed by atoms with Gasteiger partial charge >= 0.3 is 0 Å². The van der Waals surface area contributed by atoms with E-state index in [1.54, 1.807) is 18.2 Å². The summed E-state index contributed by atoms with van der Waals surface area (Å²) in [7, 11) is 1.45. The molecule has 5 nitrogen and oxygen atoms in total. The highest BCUT2D eigenvalue weighted by Gasteiger charge is 2.35. The van der Waals surface area contributed by atoms with Gasteiger partial charge in [-0.25, -0.2) is 0 Å². The lowest BCUT2D eigenvalue weighted by atomic mass is 10.1. The van der Waals surface area contributed by atoms with Gasteiger partial charge in [0.2, 0.25) is 0 Å². The molecule has 0 spiro atoms. The minimum absolute atomic E-state index is 0.0595. The quantitative estimate of drug-likeness (QED) is 0.841. The molecule has 0 saturated carbocycles. The van der Waals surface area contributed by atoms with Crippen molar-refractivity contribution in [2.45, 2.75) is 13.5 Å². The maximum absolute atomic E-state index is 12.6. The third-order valence-corrected chi connectivity index (χ3v) is 4.91. The molecule has 6 heteroatoms. The number of hydrogen-bond acceptors (Lipinski definition) is 5. The Morgan fingerprint density at radius 3 is 2.64 bits per heavy atom. The fourth-order valence-corrected chi connectivity index (χ4v) is 3.39. The Bertz CT molecular complexity index is 875. The average molecular weight is 355 g/mol. The normalized spacial score (nSPS) is 15.9. The molecule has 0 unspecified atom stereocenters. The molecule has 0 atom stereocenters. The monoisotopic (exact) mass is 355 g/mol. The molecule has 2 aromatic rings. The molecule has 25 heavy (non-hydrogen) atoms. The number of ether oxygens (including phenoxy) is 1. The van der Waals surface area contributed by atoms with Gasteiger partial charge in [-0.2, -0.15) is 0 Å². The fraction of sp³-hybridized carbons (Fsp3) is 0.158. The number of hydrogen-bond donors (Lipinski definition) is 1. The van der Waals surface area contributed by atoms with Crippen molar-refractivity contribution in [3.8, 4) is 11.5 Å². The van der Waals surface area contributed by atoms with Crippen LogP contribution in [0.3, 0.4) is 0 Å². The van der Waals surface area contributed by atoms with Gasteiger partial charge in [-0.15, -0.1) is 0 Å². The zero-order valence-corrected chi connectivity index (χ0v) is 14.7. The number of methoxy groups -OCH3 is 1. The Morgan fingerprint density at radius 2 is 1.92 bits per heavy atom. The summed E-state index contributed by atoms with van der Waals surface area (Å²) in [6.07, 6.45) is 1.51. The zero-order valence-electron chi connectivity index (χ0n) is 13.9. The second kappa shape index (κ2) is 7.03. The summed E-state index contributed by atoms with van der Waals surface area (Å²) in [6, 6.07) is 12.6. The number of nitrogens with zero attached hydrogens (tertiary/aromatic N) is 1. The fourth-order valence-electron chi connectivity index (χ4n) is 2.56. The molecule has 1 fully saturated rings. The van der Waals surface area contributed by atoms with Gasteiger partial charge in [-0.1, -0.05) is 36.4 Å². The first kappa shape index (κ1) is 17.1. The predicted octanol–water partition coefficient (Wildman–Crippen LogP) is 3.95. The van der Waals surface area contributed by atoms with Crippen LogP contribution in [0.25, 0.3) is 6.08 Å². The van der Waals surface area contributed by atoms with Crippen LogP contribution in [0.2, 0.25) is 0 Å². The summed E-state index contributed by atoms with van der Waals surface area (Å²) in [5.74, 6) is -0.107. The SMILES string of the molecule is COc1cccc(/C=C2\SC(=O)N(Cc3ccccc3C)C2=O)c1O. The van der Waals surface area contributed by atoms with Gasteiger partial charge in [0, 0.05) is 5.56 Å². The van der Waals surface area contributed by atoms with E-state index in [4.69, 9.17) is 4.74 Å². The molecule has 1 N–H and O–H groups in total. The van der Waals surface area contributed by atoms with E-state index >= 15 is 0 Å². The third kappa shape index (κ3) is 3.39. The second-order valence-electron chi connectivity index (χ2n) is 5.59. The van der Waals surface area contributed by atoms with E-state index in [1.807, 2.05) is 31.2 Å². The lowest BCUT2D eigenvalue weighted by molar-refractivity contribution is -0.123. The van der Waals surface area contributed by atoms with E-state index in [0.29, 0.717) is 11.3 Å². The molecule has 0 aliphatic carbocycles. The van der Waals surface area contributed by atoms with Gasteiger partial charge < -0.3 is 9.84 Å². The molecular weight excluding hydrogens is 338 g/mol. The predicted molar refractivity (Wildman–Crippen MR) is 97.4 cm³/mol. The van der Waals surface area contributed by atoms with Crippen molar-refractivity contribution in [1.29, 1.82) is 0 Å². The number of benzene rings is 2. The summed E-state index contributed by atoms with van der Waals surface area (Å²) < 4.78 is 5.06. The van der Waals surface area contributed by atoms with E-state index in [1.165, 1.54) is 18.1 Å². The Kier molecular flexibility index (Phi) is 4.81. The summed E-state index contributed by atoms with van der Waals surface area (Å²) >= 11 is 0.871. The maximum atomic E-state index is 12.6. The first-order chi connectivity index (χ1) is 12.0. The lowest BCUT2D eigenvalue weighted by Crippen LogP contribution is -2.27. The van der Waals surface area contributed by atoms with E-state index in [0.717, 1.165) is 22.9 Å². The van der Waals surface area contributed by atoms with Crippen LogP contribution < -0.4 is 4.74 Å². The Morgan fingerprint density at radius 1 is 1.16 bits per heavy atom. The van der Waals surface area contributed by atoms with E-state index in [-0.39, 0.29) is 28.3 Å². The van der Waals surface area contributed by atoms with Crippen molar-refractivity contribution in [2.24, 2.45) is 0 Å². The zero-order chi connectivity index (χ0) is 18.0. The van der Waals surface area contributed by atoms with E-state index in [9.17, 15) is 14.7 Å². The first-order valence-corrected chi connectivity index (χ1v) is 8.48. The van der Waals surface area contributed by atoms with E-state index in [2.05, 4.69) is 0 Å². The molecule has 2 aromatic carbocycles. The molecule has 2 amide bonds. The number of carbonyl (C=O) groups is 2. The van der Waals surface area contributed by atoms with Gasteiger partial charge in [0.15, 0.2) is 11.5 Å². The van der Waals surface area contributed by atoms with Gasteiger partial charge in [-0.3, -0.25) is 14.5 Å². The molecule has 3 rings (SSSR count). The van der Waals surface area contributed by atoms with Crippen LogP contribution in [0.4, 0.5) is 4.79 Å². The highest BCUT2D eigenvalue weighted by molar-refractivity contribution is 8.18. The van der Waals surface area contributed by atoms with Crippen LogP contribution in [-0.4, -0.2) is 28.3 Å². The number of phenols is 1. The number of rotatable bonds is 4. The van der Waals surface area contributed by atoms with Crippen LogP contribution in [0.5, 0.6) is 11.5 Å². The van der Waals surface area contributed by atoms with Crippen LogP contribution in [0.1, 0.15) is 16.7 Å². The summed E-state index contributed by atoms with van der Waals surface area (Å²) in [5.41, 5.74) is 2.38. The summed E-state index contributed by atoms with van der Waals surface area (Å²) in [6.45, 7) is 2.18. The van der Waals surface area contributed by atoms with Crippen LogP contribution >= 0.6 is 11.8 Å². The molecule has 1 heterocycles. The Labute approximate surface area is 149 Å². The van der Waals surface area contributed by atoms with Crippen LogP contribution in [0, 0.1) is 6.92 Å². The van der Waals surface area contributed by atoms with Crippen molar-refractivity contribution in [3.05, 3.63) is 64.1 Å². The number of aryl methyl sites for hydroxylation is 1. The summed E-state index contributed by atoms with van der Waals surface area (Å²) in [5, 5.41) is 9.83. The Hall–Kier alpha value is -2.73. The minimum Gasteiger partial charge on any atom is -0.504 e. The molecule has 0 aromatic heterocycles.